The zero-order valence-electron chi connectivity index (χ0n) is 27.8. The summed E-state index contributed by atoms with van der Waals surface area (Å²) in [7, 11) is 1.86. The van der Waals surface area contributed by atoms with Crippen LogP contribution in [0.25, 0.3) is 21.8 Å². The number of hydrogen-bond acceptors (Lipinski definition) is 6. The van der Waals surface area contributed by atoms with Gasteiger partial charge < -0.3 is 19.8 Å². The van der Waals surface area contributed by atoms with Crippen molar-refractivity contribution < 1.29 is 16.8 Å². The number of nitrogens with one attached hydrogen (secondary N) is 2. The highest BCUT2D eigenvalue weighted by Gasteiger charge is 2.26. The number of nitrogens with zero attached hydrogens (tertiary/aromatic N) is 4. The molecule has 2 aliphatic heterocycles. The minimum Gasteiger partial charge on any atom is -0.361 e. The van der Waals surface area contributed by atoms with Crippen LogP contribution in [0, 0.1) is 0 Å². The predicted octanol–water partition coefficient (Wildman–Crippen LogP) is 4.40. The lowest BCUT2D eigenvalue weighted by Gasteiger charge is -2.15. The fraction of sp³-hybridized carbons (Fsp3) is 0.529. The van der Waals surface area contributed by atoms with Gasteiger partial charge >= 0.3 is 0 Å². The second kappa shape index (κ2) is 15.0. The molecule has 2 aromatic carbocycles. The molecule has 2 aromatic heterocycles. The lowest BCUT2D eigenvalue weighted by atomic mass is 10.1. The SMILES string of the molecule is CN(C)CCc1c[nH]c2ccc(CS(=O)(=O)N3CCCC3)cc12.CN(C)CCc1c[nH]c2ccc(CS(=O)(=O)N3CCCC3)cc12. The molecule has 10 nitrogen and oxygen atoms in total. The summed E-state index contributed by atoms with van der Waals surface area (Å²) >= 11 is 0. The van der Waals surface area contributed by atoms with Gasteiger partial charge in [-0.1, -0.05) is 12.1 Å². The number of rotatable bonds is 12. The van der Waals surface area contributed by atoms with Gasteiger partial charge in [-0.05, 0) is 113 Å². The highest BCUT2D eigenvalue weighted by molar-refractivity contribution is 7.88. The molecular weight excluding hydrogens is 621 g/mol. The Kier molecular flexibility index (Phi) is 11.3. The van der Waals surface area contributed by atoms with E-state index in [4.69, 9.17) is 0 Å². The first kappa shape index (κ1) is 34.6. The molecule has 2 N–H and O–H groups in total. The van der Waals surface area contributed by atoms with Crippen molar-refractivity contribution in [3.8, 4) is 0 Å². The van der Waals surface area contributed by atoms with Crippen molar-refractivity contribution in [2.45, 2.75) is 50.0 Å². The Balaban J connectivity index is 0.000000181. The molecule has 6 rings (SSSR count). The Bertz CT molecular complexity index is 1680. The largest absolute Gasteiger partial charge is 0.361 e. The van der Waals surface area contributed by atoms with Gasteiger partial charge in [-0.15, -0.1) is 0 Å². The van der Waals surface area contributed by atoms with Gasteiger partial charge in [0.15, 0.2) is 0 Å². The van der Waals surface area contributed by atoms with Crippen LogP contribution in [0.1, 0.15) is 47.9 Å². The van der Waals surface area contributed by atoms with Gasteiger partial charge in [0.05, 0.1) is 11.5 Å². The van der Waals surface area contributed by atoms with Crippen molar-refractivity contribution in [3.63, 3.8) is 0 Å². The Labute approximate surface area is 274 Å². The van der Waals surface area contributed by atoms with E-state index in [-0.39, 0.29) is 11.5 Å². The van der Waals surface area contributed by atoms with Crippen molar-refractivity contribution in [2.75, 3.05) is 67.5 Å². The number of fused-ring (bicyclic) bond motifs is 2. The second-order valence-corrected chi connectivity index (χ2v) is 17.2. The molecule has 0 aliphatic carbocycles. The van der Waals surface area contributed by atoms with E-state index in [1.807, 2.05) is 48.8 Å². The van der Waals surface area contributed by atoms with Crippen LogP contribution in [0.3, 0.4) is 0 Å². The Morgan fingerprint density at radius 1 is 0.609 bits per heavy atom. The summed E-state index contributed by atoms with van der Waals surface area (Å²) in [4.78, 5) is 10.9. The third-order valence-corrected chi connectivity index (χ3v) is 12.6. The molecular formula is C34H50N6O4S2. The molecule has 46 heavy (non-hydrogen) atoms. The smallest absolute Gasteiger partial charge is 0.218 e. The topological polar surface area (TPSA) is 113 Å². The second-order valence-electron chi connectivity index (χ2n) is 13.2. The average Bonchev–Trinajstić information content (AvgIpc) is 3.82. The Morgan fingerprint density at radius 2 is 0.978 bits per heavy atom. The van der Waals surface area contributed by atoms with E-state index in [0.717, 1.165) is 84.5 Å². The lowest BCUT2D eigenvalue weighted by Crippen LogP contribution is -2.29. The predicted molar refractivity (Wildman–Crippen MR) is 188 cm³/mol. The summed E-state index contributed by atoms with van der Waals surface area (Å²) in [6.07, 6.45) is 9.88. The molecule has 0 spiro atoms. The van der Waals surface area contributed by atoms with Gasteiger partial charge in [0.2, 0.25) is 20.0 Å². The highest BCUT2D eigenvalue weighted by Crippen LogP contribution is 2.25. The molecule has 0 bridgehead atoms. The van der Waals surface area contributed by atoms with Gasteiger partial charge in [-0.3, -0.25) is 0 Å². The number of aromatic amines is 2. The molecule has 252 valence electrons. The van der Waals surface area contributed by atoms with Crippen LogP contribution in [0.15, 0.2) is 48.8 Å². The van der Waals surface area contributed by atoms with E-state index in [1.54, 1.807) is 8.61 Å². The van der Waals surface area contributed by atoms with Crippen LogP contribution in [0.4, 0.5) is 0 Å². The number of likely N-dealkylation sites (N-methyl/N-ethyl adjacent to an activating group) is 2. The fourth-order valence-corrected chi connectivity index (χ4v) is 9.46. The van der Waals surface area contributed by atoms with E-state index in [1.165, 1.54) is 11.1 Å². The highest BCUT2D eigenvalue weighted by atomic mass is 32.2. The molecule has 0 atom stereocenters. The maximum atomic E-state index is 12.5. The van der Waals surface area contributed by atoms with Gasteiger partial charge in [-0.2, -0.15) is 0 Å². The van der Waals surface area contributed by atoms with Crippen LogP contribution in [0.5, 0.6) is 0 Å². The van der Waals surface area contributed by atoms with Gasteiger partial charge in [0.25, 0.3) is 0 Å². The first-order valence-corrected chi connectivity index (χ1v) is 19.6. The van der Waals surface area contributed by atoms with E-state index in [2.05, 4.69) is 48.0 Å². The third kappa shape index (κ3) is 8.78. The summed E-state index contributed by atoms with van der Waals surface area (Å²) < 4.78 is 53.2. The fourth-order valence-electron chi connectivity index (χ4n) is 6.27. The maximum Gasteiger partial charge on any atom is 0.218 e. The molecule has 0 saturated carbocycles. The molecule has 2 aliphatic rings. The quantitative estimate of drug-likeness (QED) is 0.231. The minimum atomic E-state index is -3.19. The monoisotopic (exact) mass is 670 g/mol. The number of sulfonamides is 2. The summed E-state index contributed by atoms with van der Waals surface area (Å²) in [5.41, 5.74) is 6.37. The molecule has 4 heterocycles. The molecule has 0 unspecified atom stereocenters. The number of H-pyrrole nitrogens is 2. The van der Waals surface area contributed by atoms with E-state index in [9.17, 15) is 16.8 Å². The number of benzene rings is 2. The number of hydrogen-bond donors (Lipinski definition) is 2. The minimum absolute atomic E-state index is 0.0985. The summed E-state index contributed by atoms with van der Waals surface area (Å²) in [5.74, 6) is 0.197. The van der Waals surface area contributed by atoms with Crippen molar-refractivity contribution in [3.05, 3.63) is 71.0 Å². The van der Waals surface area contributed by atoms with Gasteiger partial charge in [0, 0.05) is 73.5 Å². The molecule has 4 aromatic rings. The Morgan fingerprint density at radius 3 is 1.33 bits per heavy atom. The molecule has 2 fully saturated rings. The Hall–Kier alpha value is -2.74. The van der Waals surface area contributed by atoms with Gasteiger partial charge in [0.1, 0.15) is 0 Å². The first-order chi connectivity index (χ1) is 21.9. The van der Waals surface area contributed by atoms with Crippen molar-refractivity contribution in [2.24, 2.45) is 0 Å². The molecule has 12 heteroatoms. The first-order valence-electron chi connectivity index (χ1n) is 16.3. The van der Waals surface area contributed by atoms with E-state index >= 15 is 0 Å². The molecule has 2 saturated heterocycles. The van der Waals surface area contributed by atoms with Crippen LogP contribution < -0.4 is 0 Å². The molecule has 0 amide bonds. The van der Waals surface area contributed by atoms with Crippen molar-refractivity contribution in [1.29, 1.82) is 0 Å². The molecule has 0 radical (unpaired) electrons. The van der Waals surface area contributed by atoms with Crippen LogP contribution in [-0.4, -0.2) is 113 Å². The standard InChI is InChI=1S/2C17H25N3O2S/c2*1-19(2)10-7-15-12-18-17-6-5-14(11-16(15)17)13-23(21,22)20-8-3-4-9-20/h2*5-6,11-12,18H,3-4,7-10,13H2,1-2H3. The van der Waals surface area contributed by atoms with Crippen LogP contribution in [-0.2, 0) is 44.4 Å². The zero-order valence-corrected chi connectivity index (χ0v) is 29.4. The normalized spacial score (nSPS) is 16.7. The number of aromatic nitrogens is 2. The zero-order chi connectivity index (χ0) is 32.9. The van der Waals surface area contributed by atoms with E-state index < -0.39 is 20.0 Å². The summed E-state index contributed by atoms with van der Waals surface area (Å²) in [6, 6.07) is 11.9. The summed E-state index contributed by atoms with van der Waals surface area (Å²) in [6.45, 7) is 4.63. The van der Waals surface area contributed by atoms with Crippen molar-refractivity contribution >= 4 is 41.9 Å². The summed E-state index contributed by atoms with van der Waals surface area (Å²) in [5, 5.41) is 2.28. The van der Waals surface area contributed by atoms with Crippen LogP contribution in [0.2, 0.25) is 0 Å². The average molecular weight is 671 g/mol. The lowest BCUT2D eigenvalue weighted by molar-refractivity contribution is 0.414. The third-order valence-electron chi connectivity index (χ3n) is 8.94. The van der Waals surface area contributed by atoms with E-state index in [0.29, 0.717) is 26.2 Å². The van der Waals surface area contributed by atoms with Gasteiger partial charge in [-0.25, -0.2) is 25.4 Å². The maximum absolute atomic E-state index is 12.5. The van der Waals surface area contributed by atoms with Crippen molar-refractivity contribution in [1.82, 2.24) is 28.4 Å². The van der Waals surface area contributed by atoms with Crippen LogP contribution >= 0.6 is 0 Å².